The lowest BCUT2D eigenvalue weighted by atomic mass is 9.94. The van der Waals surface area contributed by atoms with Gasteiger partial charge in [0, 0.05) is 24.4 Å². The van der Waals surface area contributed by atoms with E-state index >= 15 is 0 Å². The van der Waals surface area contributed by atoms with Crippen molar-refractivity contribution < 1.29 is 4.79 Å². The Balaban J connectivity index is 2.22. The third kappa shape index (κ3) is 2.24. The predicted molar refractivity (Wildman–Crippen MR) is 74.9 cm³/mol. The zero-order chi connectivity index (χ0) is 13.3. The van der Waals surface area contributed by atoms with E-state index in [2.05, 4.69) is 0 Å². The molecule has 0 aliphatic carbocycles. The smallest absolute Gasteiger partial charge is 0.244 e. The Morgan fingerprint density at radius 2 is 1.94 bits per heavy atom. The largest absolute Gasteiger partial charge is 0.334 e. The summed E-state index contributed by atoms with van der Waals surface area (Å²) in [4.78, 5) is 13.3. The van der Waals surface area contributed by atoms with Crippen LogP contribution in [-0.4, -0.2) is 27.6 Å². The van der Waals surface area contributed by atoms with Crippen LogP contribution in [0.3, 0.4) is 0 Å². The van der Waals surface area contributed by atoms with Crippen molar-refractivity contribution in [1.82, 2.24) is 4.90 Å². The summed E-state index contributed by atoms with van der Waals surface area (Å²) in [5.41, 5.74) is 1.11. The molecule has 1 aromatic rings. The van der Waals surface area contributed by atoms with E-state index in [1.54, 1.807) is 6.92 Å². The fourth-order valence-corrected chi connectivity index (χ4v) is 3.58. The number of amides is 1. The van der Waals surface area contributed by atoms with Gasteiger partial charge < -0.3 is 4.90 Å². The molecule has 2 nitrogen and oxygen atoms in total. The Bertz CT molecular complexity index is 433. The minimum atomic E-state index is -0.879. The number of carbonyl (C=O) groups excluding carboxylic acids is 1. The molecule has 1 fully saturated rings. The van der Waals surface area contributed by atoms with E-state index in [1.807, 2.05) is 42.2 Å². The van der Waals surface area contributed by atoms with Gasteiger partial charge in [-0.05, 0) is 19.4 Å². The van der Waals surface area contributed by atoms with Crippen molar-refractivity contribution in [3.63, 3.8) is 0 Å². The van der Waals surface area contributed by atoms with E-state index in [9.17, 15) is 4.79 Å². The molecule has 18 heavy (non-hydrogen) atoms. The molecule has 3 atom stereocenters. The lowest BCUT2D eigenvalue weighted by molar-refractivity contribution is -0.131. The van der Waals surface area contributed by atoms with Crippen molar-refractivity contribution in [3.05, 3.63) is 35.9 Å². The standard InChI is InChI=1S/C14H17Cl2NO/c1-10-12(8-15)14(2,16)13(18)17(10)9-11-6-4-3-5-7-11/h3-7,10,12H,8-9H2,1-2H3/t10-,12-,14?/m1/s1. The lowest BCUT2D eigenvalue weighted by Gasteiger charge is -2.23. The van der Waals surface area contributed by atoms with Crippen LogP contribution in [0.2, 0.25) is 0 Å². The van der Waals surface area contributed by atoms with Gasteiger partial charge in [-0.1, -0.05) is 30.3 Å². The summed E-state index contributed by atoms with van der Waals surface area (Å²) in [5.74, 6) is 0.362. The van der Waals surface area contributed by atoms with Gasteiger partial charge in [-0.25, -0.2) is 0 Å². The van der Waals surface area contributed by atoms with Gasteiger partial charge in [0.05, 0.1) is 0 Å². The average molecular weight is 286 g/mol. The summed E-state index contributed by atoms with van der Waals surface area (Å²) in [6.07, 6.45) is 0. The molecule has 0 spiro atoms. The van der Waals surface area contributed by atoms with Gasteiger partial charge in [0.15, 0.2) is 0 Å². The quantitative estimate of drug-likeness (QED) is 0.781. The molecule has 1 aliphatic rings. The second-order valence-corrected chi connectivity index (χ2v) is 6.09. The van der Waals surface area contributed by atoms with E-state index in [0.29, 0.717) is 12.4 Å². The summed E-state index contributed by atoms with van der Waals surface area (Å²) in [5, 5.41) is 0. The van der Waals surface area contributed by atoms with Crippen LogP contribution in [0.1, 0.15) is 19.4 Å². The van der Waals surface area contributed by atoms with Crippen molar-refractivity contribution in [2.45, 2.75) is 31.3 Å². The molecule has 4 heteroatoms. The topological polar surface area (TPSA) is 20.3 Å². The number of benzene rings is 1. The third-order valence-electron chi connectivity index (χ3n) is 3.81. The number of rotatable bonds is 3. The van der Waals surface area contributed by atoms with Gasteiger partial charge in [0.25, 0.3) is 0 Å². The van der Waals surface area contributed by atoms with Crippen LogP contribution in [0.4, 0.5) is 0 Å². The molecular formula is C14H17Cl2NO. The number of likely N-dealkylation sites (tertiary alicyclic amines) is 1. The molecule has 98 valence electrons. The van der Waals surface area contributed by atoms with E-state index < -0.39 is 4.87 Å². The van der Waals surface area contributed by atoms with E-state index in [1.165, 1.54) is 0 Å². The van der Waals surface area contributed by atoms with Gasteiger partial charge in [-0.15, -0.1) is 23.2 Å². The maximum atomic E-state index is 12.3. The lowest BCUT2D eigenvalue weighted by Crippen LogP contribution is -2.35. The van der Waals surface area contributed by atoms with Gasteiger partial charge in [-0.3, -0.25) is 4.79 Å². The minimum absolute atomic E-state index is 0.0166. The molecule has 2 rings (SSSR count). The van der Waals surface area contributed by atoms with Crippen molar-refractivity contribution in [2.75, 3.05) is 5.88 Å². The van der Waals surface area contributed by atoms with Crippen LogP contribution < -0.4 is 0 Å². The number of hydrogen-bond donors (Lipinski definition) is 0. The van der Waals surface area contributed by atoms with Crippen molar-refractivity contribution in [1.29, 1.82) is 0 Å². The van der Waals surface area contributed by atoms with Crippen molar-refractivity contribution in [2.24, 2.45) is 5.92 Å². The summed E-state index contributed by atoms with van der Waals surface area (Å²) in [6.45, 7) is 4.38. The Kier molecular flexibility index (Phi) is 3.88. The Morgan fingerprint density at radius 3 is 2.44 bits per heavy atom. The molecule has 0 N–H and O–H groups in total. The second-order valence-electron chi connectivity index (χ2n) is 5.00. The fraction of sp³-hybridized carbons (Fsp3) is 0.500. The Labute approximate surface area is 118 Å². The van der Waals surface area contributed by atoms with Gasteiger partial charge in [0.1, 0.15) is 4.87 Å². The molecule has 1 aromatic carbocycles. The molecule has 1 amide bonds. The number of nitrogens with zero attached hydrogens (tertiary/aromatic N) is 1. The number of alkyl halides is 2. The molecule has 0 saturated carbocycles. The van der Waals surface area contributed by atoms with Crippen LogP contribution in [0.25, 0.3) is 0 Å². The monoisotopic (exact) mass is 285 g/mol. The first-order chi connectivity index (χ1) is 8.48. The Hall–Kier alpha value is -0.730. The molecule has 0 aromatic heterocycles. The molecule has 1 unspecified atom stereocenters. The molecule has 1 saturated heterocycles. The number of carbonyl (C=O) groups is 1. The van der Waals surface area contributed by atoms with Crippen molar-refractivity contribution >= 4 is 29.1 Å². The van der Waals surface area contributed by atoms with Crippen LogP contribution in [0, 0.1) is 5.92 Å². The molecule has 0 bridgehead atoms. The average Bonchev–Trinajstić information content (AvgIpc) is 2.51. The second kappa shape index (κ2) is 5.10. The van der Waals surface area contributed by atoms with Gasteiger partial charge in [0.2, 0.25) is 5.91 Å². The molecule has 1 aliphatic heterocycles. The summed E-state index contributed by atoms with van der Waals surface area (Å²) < 4.78 is 0. The summed E-state index contributed by atoms with van der Waals surface area (Å²) in [7, 11) is 0. The predicted octanol–water partition coefficient (Wildman–Crippen LogP) is 3.27. The summed E-state index contributed by atoms with van der Waals surface area (Å²) in [6, 6.07) is 10.0. The first-order valence-electron chi connectivity index (χ1n) is 6.08. The highest BCUT2D eigenvalue weighted by Gasteiger charge is 2.53. The minimum Gasteiger partial charge on any atom is -0.334 e. The van der Waals surface area contributed by atoms with E-state index in [4.69, 9.17) is 23.2 Å². The first kappa shape index (κ1) is 13.7. The maximum absolute atomic E-state index is 12.3. The first-order valence-corrected chi connectivity index (χ1v) is 6.99. The highest BCUT2D eigenvalue weighted by atomic mass is 35.5. The highest BCUT2D eigenvalue weighted by molar-refractivity contribution is 6.36. The molecular weight excluding hydrogens is 269 g/mol. The van der Waals surface area contributed by atoms with Gasteiger partial charge in [-0.2, -0.15) is 0 Å². The van der Waals surface area contributed by atoms with E-state index in [0.717, 1.165) is 5.56 Å². The molecule has 0 radical (unpaired) electrons. The normalized spacial score (nSPS) is 32.0. The van der Waals surface area contributed by atoms with Crippen LogP contribution in [0.5, 0.6) is 0 Å². The highest BCUT2D eigenvalue weighted by Crippen LogP contribution is 2.40. The third-order valence-corrected chi connectivity index (χ3v) is 4.59. The SMILES string of the molecule is C[C@@H]1[C@@H](CCl)C(C)(Cl)C(=O)N1Cc1ccccc1. The van der Waals surface area contributed by atoms with Gasteiger partial charge >= 0.3 is 0 Å². The van der Waals surface area contributed by atoms with Crippen LogP contribution in [-0.2, 0) is 11.3 Å². The zero-order valence-electron chi connectivity index (χ0n) is 10.6. The van der Waals surface area contributed by atoms with E-state index in [-0.39, 0.29) is 17.9 Å². The van der Waals surface area contributed by atoms with Crippen LogP contribution >= 0.6 is 23.2 Å². The van der Waals surface area contributed by atoms with Crippen molar-refractivity contribution in [3.8, 4) is 0 Å². The zero-order valence-corrected chi connectivity index (χ0v) is 12.1. The summed E-state index contributed by atoms with van der Waals surface area (Å²) >= 11 is 12.3. The van der Waals surface area contributed by atoms with Crippen LogP contribution in [0.15, 0.2) is 30.3 Å². The maximum Gasteiger partial charge on any atom is 0.244 e. The fourth-order valence-electron chi connectivity index (χ4n) is 2.56. The number of halogens is 2. The number of hydrogen-bond acceptors (Lipinski definition) is 1. The molecule has 1 heterocycles. The Morgan fingerprint density at radius 1 is 1.33 bits per heavy atom.